The highest BCUT2D eigenvalue weighted by Crippen LogP contribution is 2.26. The number of anilines is 1. The van der Waals surface area contributed by atoms with Gasteiger partial charge in [-0.1, -0.05) is 36.4 Å². The fourth-order valence-corrected chi connectivity index (χ4v) is 3.89. The number of nitrogens with one attached hydrogen (secondary N) is 2. The predicted molar refractivity (Wildman–Crippen MR) is 137 cm³/mol. The van der Waals surface area contributed by atoms with Crippen LogP contribution in [0, 0.1) is 6.92 Å². The lowest BCUT2D eigenvalue weighted by Gasteiger charge is -2.32. The summed E-state index contributed by atoms with van der Waals surface area (Å²) in [7, 11) is 2.20. The monoisotopic (exact) mass is 452 g/mol. The second-order valence-corrected chi connectivity index (χ2v) is 9.98. The van der Waals surface area contributed by atoms with Crippen LogP contribution in [0.3, 0.4) is 0 Å². The van der Waals surface area contributed by atoms with E-state index >= 15 is 0 Å². The number of hydrogen-bond acceptors (Lipinski definition) is 5. The Morgan fingerprint density at radius 3 is 2.30 bits per heavy atom. The summed E-state index contributed by atoms with van der Waals surface area (Å²) < 4.78 is 5.27. The van der Waals surface area contributed by atoms with E-state index in [1.54, 1.807) is 0 Å². The molecular weight excluding hydrogens is 412 g/mol. The van der Waals surface area contributed by atoms with Gasteiger partial charge < -0.3 is 25.2 Å². The number of carbonyl (C=O) groups is 1. The van der Waals surface area contributed by atoms with Crippen molar-refractivity contribution in [1.82, 2.24) is 15.1 Å². The molecule has 0 unspecified atom stereocenters. The zero-order valence-electron chi connectivity index (χ0n) is 20.9. The Bertz CT molecular complexity index is 897. The molecule has 3 rings (SSSR count). The second-order valence-electron chi connectivity index (χ2n) is 9.98. The van der Waals surface area contributed by atoms with E-state index in [2.05, 4.69) is 76.9 Å². The summed E-state index contributed by atoms with van der Waals surface area (Å²) >= 11 is 0. The largest absolute Gasteiger partial charge is 0.444 e. The normalized spacial score (nSPS) is 15.3. The van der Waals surface area contributed by atoms with Crippen LogP contribution in [-0.4, -0.2) is 74.4 Å². The molecule has 1 fully saturated rings. The number of benzene rings is 2. The molecule has 1 aliphatic rings. The van der Waals surface area contributed by atoms with Crippen molar-refractivity contribution in [2.45, 2.75) is 39.7 Å². The van der Waals surface area contributed by atoms with Gasteiger partial charge in [-0.2, -0.15) is 0 Å². The Morgan fingerprint density at radius 1 is 0.970 bits per heavy atom. The van der Waals surface area contributed by atoms with Gasteiger partial charge in [0.15, 0.2) is 0 Å². The van der Waals surface area contributed by atoms with Crippen LogP contribution in [0.5, 0.6) is 0 Å². The fraction of sp³-hybridized carbons (Fsp3) is 0.519. The van der Waals surface area contributed by atoms with Crippen molar-refractivity contribution in [2.75, 3.05) is 58.2 Å². The molecule has 1 heterocycles. The van der Waals surface area contributed by atoms with Crippen LogP contribution < -0.4 is 10.6 Å². The first-order valence-corrected chi connectivity index (χ1v) is 12.0. The van der Waals surface area contributed by atoms with Gasteiger partial charge in [0.25, 0.3) is 0 Å². The van der Waals surface area contributed by atoms with Crippen molar-refractivity contribution in [3.63, 3.8) is 0 Å². The first-order chi connectivity index (χ1) is 15.7. The van der Waals surface area contributed by atoms with Gasteiger partial charge >= 0.3 is 6.09 Å². The number of likely N-dealkylation sites (N-methyl/N-ethyl adjacent to an activating group) is 1. The Hall–Kier alpha value is -2.57. The van der Waals surface area contributed by atoms with E-state index in [0.717, 1.165) is 18.7 Å². The lowest BCUT2D eigenvalue weighted by molar-refractivity contribution is 0.0530. The second kappa shape index (κ2) is 11.5. The molecule has 6 heteroatoms. The summed E-state index contributed by atoms with van der Waals surface area (Å²) in [4.78, 5) is 16.7. The zero-order chi connectivity index (χ0) is 23.8. The van der Waals surface area contributed by atoms with Crippen molar-refractivity contribution in [2.24, 2.45) is 0 Å². The van der Waals surface area contributed by atoms with E-state index in [0.29, 0.717) is 13.1 Å². The maximum atomic E-state index is 11.8. The van der Waals surface area contributed by atoms with Crippen LogP contribution in [-0.2, 0) is 11.2 Å². The van der Waals surface area contributed by atoms with Gasteiger partial charge in [-0.3, -0.25) is 0 Å². The molecular formula is C27H40N4O2. The molecule has 1 saturated heterocycles. The third-order valence-electron chi connectivity index (χ3n) is 5.95. The Morgan fingerprint density at radius 2 is 1.64 bits per heavy atom. The lowest BCUT2D eigenvalue weighted by Crippen LogP contribution is -2.45. The van der Waals surface area contributed by atoms with E-state index in [1.807, 2.05) is 20.8 Å². The Kier molecular flexibility index (Phi) is 8.75. The predicted octanol–water partition coefficient (Wildman–Crippen LogP) is 4.39. The molecule has 6 nitrogen and oxygen atoms in total. The minimum atomic E-state index is -0.484. The summed E-state index contributed by atoms with van der Waals surface area (Å²) in [6, 6.07) is 15.4. The fourth-order valence-electron chi connectivity index (χ4n) is 3.89. The van der Waals surface area contributed by atoms with E-state index in [9.17, 15) is 4.79 Å². The van der Waals surface area contributed by atoms with Crippen molar-refractivity contribution >= 4 is 11.8 Å². The first-order valence-electron chi connectivity index (χ1n) is 12.0. The molecule has 0 atom stereocenters. The van der Waals surface area contributed by atoms with Crippen molar-refractivity contribution in [1.29, 1.82) is 0 Å². The Labute approximate surface area is 199 Å². The number of rotatable bonds is 8. The molecule has 0 saturated carbocycles. The molecule has 0 bridgehead atoms. The highest BCUT2D eigenvalue weighted by Gasteiger charge is 2.15. The number of amides is 1. The number of alkyl carbamates (subject to hydrolysis) is 1. The average Bonchev–Trinajstić information content (AvgIpc) is 2.77. The molecule has 2 N–H and O–H groups in total. The van der Waals surface area contributed by atoms with Crippen LogP contribution >= 0.6 is 0 Å². The molecule has 0 aromatic heterocycles. The summed E-state index contributed by atoms with van der Waals surface area (Å²) in [5.74, 6) is 0. The van der Waals surface area contributed by atoms with Gasteiger partial charge in [-0.05, 0) is 69.5 Å². The molecule has 0 aliphatic carbocycles. The van der Waals surface area contributed by atoms with Gasteiger partial charge in [-0.15, -0.1) is 0 Å². The van der Waals surface area contributed by atoms with Crippen LogP contribution in [0.25, 0.3) is 11.1 Å². The van der Waals surface area contributed by atoms with Gasteiger partial charge in [-0.25, -0.2) is 4.79 Å². The summed E-state index contributed by atoms with van der Waals surface area (Å²) in [6.45, 7) is 14.6. The van der Waals surface area contributed by atoms with Crippen molar-refractivity contribution in [3.05, 3.63) is 53.6 Å². The lowest BCUT2D eigenvalue weighted by atomic mass is 10.0. The minimum absolute atomic E-state index is 0.387. The topological polar surface area (TPSA) is 56.8 Å². The molecule has 1 amide bonds. The third-order valence-corrected chi connectivity index (χ3v) is 5.95. The van der Waals surface area contributed by atoms with E-state index in [1.165, 1.54) is 48.4 Å². The third kappa shape index (κ3) is 8.37. The number of aryl methyl sites for hydroxylation is 1. The molecule has 33 heavy (non-hydrogen) atoms. The van der Waals surface area contributed by atoms with Crippen molar-refractivity contribution in [3.8, 4) is 11.1 Å². The molecule has 0 spiro atoms. The number of nitrogens with zero attached hydrogens (tertiary/aromatic N) is 2. The zero-order valence-corrected chi connectivity index (χ0v) is 20.9. The van der Waals surface area contributed by atoms with Crippen molar-refractivity contribution < 1.29 is 9.53 Å². The number of carbonyl (C=O) groups excluding carboxylic acids is 1. The molecule has 0 radical (unpaired) electrons. The van der Waals surface area contributed by atoms with E-state index < -0.39 is 5.60 Å². The number of hydrogen-bond donors (Lipinski definition) is 2. The molecule has 2 aromatic rings. The van der Waals surface area contributed by atoms with E-state index in [4.69, 9.17) is 4.74 Å². The van der Waals surface area contributed by atoms with Gasteiger partial charge in [0, 0.05) is 51.5 Å². The van der Waals surface area contributed by atoms with Crippen LogP contribution in [0.1, 0.15) is 31.9 Å². The summed E-state index contributed by atoms with van der Waals surface area (Å²) in [5.41, 5.74) is 5.57. The molecule has 2 aromatic carbocycles. The Balaban J connectivity index is 1.50. The number of piperazine rings is 1. The number of ether oxygens (including phenoxy) is 1. The summed E-state index contributed by atoms with van der Waals surface area (Å²) in [5, 5.41) is 6.22. The standard InChI is InChI=1S/C27H40N4O2/c1-21-6-9-24(20-25(21)28-13-14-29-26(32)33-27(2,3)4)23-10-7-22(8-11-23)12-15-31-18-16-30(5)17-19-31/h6-11,20,28H,12-19H2,1-5H3,(H,29,32). The smallest absolute Gasteiger partial charge is 0.407 e. The van der Waals surface area contributed by atoms with Gasteiger partial charge in [0.1, 0.15) is 5.60 Å². The van der Waals surface area contributed by atoms with Gasteiger partial charge in [0.05, 0.1) is 0 Å². The SMILES string of the molecule is Cc1ccc(-c2ccc(CCN3CCN(C)CC3)cc2)cc1NCCNC(=O)OC(C)(C)C. The quantitative estimate of drug-likeness (QED) is 0.582. The van der Waals surface area contributed by atoms with Crippen LogP contribution in [0.15, 0.2) is 42.5 Å². The highest BCUT2D eigenvalue weighted by atomic mass is 16.6. The minimum Gasteiger partial charge on any atom is -0.444 e. The van der Waals surface area contributed by atoms with Gasteiger partial charge in [0.2, 0.25) is 0 Å². The van der Waals surface area contributed by atoms with E-state index in [-0.39, 0.29) is 6.09 Å². The summed E-state index contributed by atoms with van der Waals surface area (Å²) in [6.07, 6.45) is 0.706. The molecule has 1 aliphatic heterocycles. The highest BCUT2D eigenvalue weighted by molar-refractivity contribution is 5.70. The van der Waals surface area contributed by atoms with Crippen LogP contribution in [0.4, 0.5) is 10.5 Å². The average molecular weight is 453 g/mol. The first kappa shape index (κ1) is 25.1. The maximum absolute atomic E-state index is 11.8. The van der Waals surface area contributed by atoms with Crippen LogP contribution in [0.2, 0.25) is 0 Å². The maximum Gasteiger partial charge on any atom is 0.407 e. The molecule has 180 valence electrons.